The third-order valence-electron chi connectivity index (χ3n) is 4.12. The molecule has 3 aromatic rings. The molecule has 2 heterocycles. The van der Waals surface area contributed by atoms with Crippen LogP contribution in [0.2, 0.25) is 0 Å². The SMILES string of the molecule is CCOC(=O)c1cn(-c2ccnc(C(=O)c3cc(F)cc(C(F)(F)F)c3)c2)nc1C. The summed E-state index contributed by atoms with van der Waals surface area (Å²) in [7, 11) is 0. The van der Waals surface area contributed by atoms with Crippen molar-refractivity contribution in [3.05, 3.63) is 76.6 Å². The Balaban J connectivity index is 1.97. The summed E-state index contributed by atoms with van der Waals surface area (Å²) in [6.07, 6.45) is -2.14. The van der Waals surface area contributed by atoms with Gasteiger partial charge < -0.3 is 4.74 Å². The monoisotopic (exact) mass is 421 g/mol. The van der Waals surface area contributed by atoms with E-state index in [0.29, 0.717) is 29.6 Å². The van der Waals surface area contributed by atoms with E-state index in [0.717, 1.165) is 0 Å². The molecule has 3 rings (SSSR count). The standard InChI is InChI=1S/C20H15F4N3O3/c1-3-30-19(29)16-10-27(26-11(16)2)15-4-5-25-17(9-15)18(28)12-6-13(20(22,23)24)8-14(21)7-12/h4-10H,3H2,1-2H3. The summed E-state index contributed by atoms with van der Waals surface area (Å²) in [4.78, 5) is 28.4. The molecule has 2 aromatic heterocycles. The highest BCUT2D eigenvalue weighted by Crippen LogP contribution is 2.31. The highest BCUT2D eigenvalue weighted by Gasteiger charge is 2.32. The summed E-state index contributed by atoms with van der Waals surface area (Å²) in [6.45, 7) is 3.45. The molecule has 6 nitrogen and oxygen atoms in total. The quantitative estimate of drug-likeness (QED) is 0.352. The topological polar surface area (TPSA) is 74.1 Å². The van der Waals surface area contributed by atoms with E-state index in [1.165, 1.54) is 29.2 Å². The number of hydrogen-bond donors (Lipinski definition) is 0. The second-order valence-electron chi connectivity index (χ2n) is 6.25. The van der Waals surface area contributed by atoms with Gasteiger partial charge in [0, 0.05) is 18.0 Å². The minimum Gasteiger partial charge on any atom is -0.462 e. The number of ketones is 1. The maximum atomic E-state index is 13.6. The number of halogens is 4. The number of esters is 1. The lowest BCUT2D eigenvalue weighted by Crippen LogP contribution is -2.11. The Hall–Kier alpha value is -3.56. The van der Waals surface area contributed by atoms with E-state index in [4.69, 9.17) is 4.74 Å². The van der Waals surface area contributed by atoms with Gasteiger partial charge >= 0.3 is 12.1 Å². The second kappa shape index (κ2) is 8.05. The van der Waals surface area contributed by atoms with E-state index >= 15 is 0 Å². The summed E-state index contributed by atoms with van der Waals surface area (Å²) in [6, 6.07) is 4.36. The van der Waals surface area contributed by atoms with Crippen molar-refractivity contribution in [3.8, 4) is 5.69 Å². The van der Waals surface area contributed by atoms with Crippen molar-refractivity contribution >= 4 is 11.8 Å². The lowest BCUT2D eigenvalue weighted by molar-refractivity contribution is -0.137. The highest BCUT2D eigenvalue weighted by molar-refractivity contribution is 6.08. The maximum absolute atomic E-state index is 13.6. The lowest BCUT2D eigenvalue weighted by atomic mass is 10.0. The van der Waals surface area contributed by atoms with Crippen LogP contribution in [-0.2, 0) is 10.9 Å². The van der Waals surface area contributed by atoms with Crippen LogP contribution in [0.3, 0.4) is 0 Å². The summed E-state index contributed by atoms with van der Waals surface area (Å²) in [5.74, 6) is -2.64. The summed E-state index contributed by atoms with van der Waals surface area (Å²) < 4.78 is 58.6. The first-order valence-corrected chi connectivity index (χ1v) is 8.72. The van der Waals surface area contributed by atoms with Crippen molar-refractivity contribution in [2.45, 2.75) is 20.0 Å². The molecule has 1 aromatic carbocycles. The van der Waals surface area contributed by atoms with Crippen LogP contribution in [0.25, 0.3) is 5.69 Å². The Bertz CT molecular complexity index is 1120. The van der Waals surface area contributed by atoms with Gasteiger partial charge in [-0.05, 0) is 44.2 Å². The molecule has 30 heavy (non-hydrogen) atoms. The number of rotatable bonds is 5. The normalized spacial score (nSPS) is 11.4. The Kier molecular flexibility index (Phi) is 5.68. The maximum Gasteiger partial charge on any atom is 0.416 e. The number of benzene rings is 1. The molecular weight excluding hydrogens is 406 g/mol. The second-order valence-corrected chi connectivity index (χ2v) is 6.25. The molecule has 156 valence electrons. The smallest absolute Gasteiger partial charge is 0.416 e. The van der Waals surface area contributed by atoms with Crippen LogP contribution in [0, 0.1) is 12.7 Å². The molecule has 0 aliphatic carbocycles. The summed E-state index contributed by atoms with van der Waals surface area (Å²) in [5, 5.41) is 4.19. The summed E-state index contributed by atoms with van der Waals surface area (Å²) in [5.41, 5.74) is -1.03. The van der Waals surface area contributed by atoms with Crippen molar-refractivity contribution < 1.29 is 31.9 Å². The largest absolute Gasteiger partial charge is 0.462 e. The number of ether oxygens (including phenoxy) is 1. The molecule has 0 aliphatic heterocycles. The first-order chi connectivity index (χ1) is 14.1. The van der Waals surface area contributed by atoms with Crippen molar-refractivity contribution in [1.82, 2.24) is 14.8 Å². The molecular formula is C20H15F4N3O3. The molecule has 0 fully saturated rings. The molecule has 0 saturated heterocycles. The molecule has 0 saturated carbocycles. The summed E-state index contributed by atoms with van der Waals surface area (Å²) >= 11 is 0. The van der Waals surface area contributed by atoms with E-state index in [2.05, 4.69) is 10.1 Å². The minimum atomic E-state index is -4.80. The van der Waals surface area contributed by atoms with Crippen LogP contribution < -0.4 is 0 Å². The highest BCUT2D eigenvalue weighted by atomic mass is 19.4. The number of hydrogen-bond acceptors (Lipinski definition) is 5. The number of carbonyl (C=O) groups excluding carboxylic acids is 2. The number of alkyl halides is 3. The van der Waals surface area contributed by atoms with Crippen LogP contribution in [0.1, 0.15) is 44.6 Å². The van der Waals surface area contributed by atoms with Crippen molar-refractivity contribution in [1.29, 1.82) is 0 Å². The van der Waals surface area contributed by atoms with Gasteiger partial charge in [0.15, 0.2) is 0 Å². The first-order valence-electron chi connectivity index (χ1n) is 8.72. The molecule has 10 heteroatoms. The Morgan fingerprint density at radius 1 is 1.17 bits per heavy atom. The van der Waals surface area contributed by atoms with Crippen LogP contribution in [0.5, 0.6) is 0 Å². The Labute approximate surface area is 168 Å². The minimum absolute atomic E-state index is 0.185. The molecule has 0 bridgehead atoms. The molecule has 0 amide bonds. The molecule has 0 spiro atoms. The number of nitrogens with zero attached hydrogens (tertiary/aromatic N) is 3. The van der Waals surface area contributed by atoms with E-state index < -0.39 is 34.9 Å². The van der Waals surface area contributed by atoms with Crippen molar-refractivity contribution in [3.63, 3.8) is 0 Å². The van der Waals surface area contributed by atoms with E-state index in [9.17, 15) is 27.2 Å². The number of aromatic nitrogens is 3. The van der Waals surface area contributed by atoms with Crippen molar-refractivity contribution in [2.75, 3.05) is 6.61 Å². The fourth-order valence-corrected chi connectivity index (χ4v) is 2.72. The van der Waals surface area contributed by atoms with Crippen LogP contribution in [-0.4, -0.2) is 33.1 Å². The van der Waals surface area contributed by atoms with E-state index in [1.807, 2.05) is 0 Å². The van der Waals surface area contributed by atoms with E-state index in [1.54, 1.807) is 13.8 Å². The van der Waals surface area contributed by atoms with Crippen LogP contribution in [0.15, 0.2) is 42.7 Å². The lowest BCUT2D eigenvalue weighted by Gasteiger charge is -2.09. The molecule has 0 radical (unpaired) electrons. The van der Waals surface area contributed by atoms with Gasteiger partial charge in [-0.3, -0.25) is 9.78 Å². The predicted molar refractivity (Wildman–Crippen MR) is 96.9 cm³/mol. The van der Waals surface area contributed by atoms with Gasteiger partial charge in [-0.2, -0.15) is 18.3 Å². The number of pyridine rings is 1. The third kappa shape index (κ3) is 4.37. The van der Waals surface area contributed by atoms with Gasteiger partial charge in [0.05, 0.1) is 23.6 Å². The Morgan fingerprint density at radius 2 is 1.90 bits per heavy atom. The zero-order valence-electron chi connectivity index (χ0n) is 15.8. The van der Waals surface area contributed by atoms with Crippen LogP contribution in [0.4, 0.5) is 17.6 Å². The van der Waals surface area contributed by atoms with Crippen molar-refractivity contribution in [2.24, 2.45) is 0 Å². The molecule has 0 unspecified atom stereocenters. The van der Waals surface area contributed by atoms with E-state index in [-0.39, 0.29) is 17.9 Å². The van der Waals surface area contributed by atoms with Gasteiger partial charge in [-0.15, -0.1) is 0 Å². The fourth-order valence-electron chi connectivity index (χ4n) is 2.72. The van der Waals surface area contributed by atoms with Gasteiger partial charge in [-0.25, -0.2) is 13.9 Å². The predicted octanol–water partition coefficient (Wildman–Crippen LogP) is 4.14. The third-order valence-corrected chi connectivity index (χ3v) is 4.12. The molecule has 0 atom stereocenters. The molecule has 0 aliphatic rings. The number of carbonyl (C=O) groups is 2. The Morgan fingerprint density at radius 3 is 2.57 bits per heavy atom. The molecule has 0 N–H and O–H groups in total. The first kappa shape index (κ1) is 21.2. The average molecular weight is 421 g/mol. The zero-order valence-corrected chi connectivity index (χ0v) is 15.8. The van der Waals surface area contributed by atoms with Crippen LogP contribution >= 0.6 is 0 Å². The van der Waals surface area contributed by atoms with Gasteiger partial charge in [0.2, 0.25) is 5.78 Å². The zero-order chi connectivity index (χ0) is 22.1. The van der Waals surface area contributed by atoms with Gasteiger partial charge in [-0.1, -0.05) is 0 Å². The van der Waals surface area contributed by atoms with Gasteiger partial charge in [0.1, 0.15) is 17.1 Å². The van der Waals surface area contributed by atoms with Gasteiger partial charge in [0.25, 0.3) is 0 Å². The number of aryl methyl sites for hydroxylation is 1. The average Bonchev–Trinajstić information content (AvgIpc) is 3.08. The fraction of sp³-hybridized carbons (Fsp3) is 0.200.